The van der Waals surface area contributed by atoms with Gasteiger partial charge in [-0.05, 0) is 187 Å². The number of hydrogen-bond donors (Lipinski definition) is 1. The fraction of sp³-hybridized carbons (Fsp3) is 0.361. The van der Waals surface area contributed by atoms with Crippen LogP contribution in [-0.4, -0.2) is 81.8 Å². The molecule has 0 atom stereocenters. The quantitative estimate of drug-likeness (QED) is 0.131. The first-order valence-electron chi connectivity index (χ1n) is 26.3. The van der Waals surface area contributed by atoms with Gasteiger partial charge in [0.1, 0.15) is 17.1 Å². The third-order valence-corrected chi connectivity index (χ3v) is 15.0. The van der Waals surface area contributed by atoms with Crippen LogP contribution in [0.15, 0.2) is 134 Å². The lowest BCUT2D eigenvalue weighted by Crippen LogP contribution is -2.42. The highest BCUT2D eigenvalue weighted by Gasteiger charge is 2.31. The largest absolute Gasteiger partial charge is 0.444 e. The normalized spacial score (nSPS) is 14.7. The van der Waals surface area contributed by atoms with E-state index in [0.717, 1.165) is 93.4 Å². The number of halogens is 2. The van der Waals surface area contributed by atoms with Crippen LogP contribution in [0.25, 0.3) is 45.3 Å². The van der Waals surface area contributed by atoms with E-state index in [1.165, 1.54) is 14.7 Å². The van der Waals surface area contributed by atoms with E-state index in [4.69, 9.17) is 34.1 Å². The van der Waals surface area contributed by atoms with Gasteiger partial charge in [0.2, 0.25) is 0 Å². The van der Waals surface area contributed by atoms with Crippen LogP contribution in [0.4, 0.5) is 4.79 Å². The third kappa shape index (κ3) is 14.1. The monoisotopic (exact) mass is 1260 g/mol. The van der Waals surface area contributed by atoms with Crippen molar-refractivity contribution < 1.29 is 19.0 Å². The second-order valence-corrected chi connectivity index (χ2v) is 25.1. The van der Waals surface area contributed by atoms with Gasteiger partial charge in [0.15, 0.2) is 0 Å². The molecule has 2 aliphatic rings. The summed E-state index contributed by atoms with van der Waals surface area (Å²) in [5.74, 6) is 1.43. The van der Waals surface area contributed by atoms with Crippen LogP contribution >= 0.6 is 45.2 Å². The summed E-state index contributed by atoms with van der Waals surface area (Å²) in [5, 5.41) is 3.46. The van der Waals surface area contributed by atoms with Crippen molar-refractivity contribution in [1.82, 2.24) is 49.3 Å². The van der Waals surface area contributed by atoms with Gasteiger partial charge in [-0.15, -0.1) is 0 Å². The Hall–Kier alpha value is -6.25. The standard InChI is InChI=1S/C33H38IN5O3.C28H30IN5O/c1-32(2,3)23-8-7-9-26(20-23)41-30-35-17-14-27(37-30)29-28(22-10-12-24(34)13-11-22)36-21-39(29)25-15-18-38(19-16-25)31(40)42-33(4,5)6;1-28(2,3)20-5-4-6-23(17-20)35-27-31-16-13-24(33-27)26-25(19-7-9-21(29)10-8-19)32-18-34(26)22-11-14-30-15-12-22/h7-14,17,20-21,25H,15-16,18-19H2,1-6H3;4-10,13,16-18,22,30H,11-12,14-15H2,1-3H3. The van der Waals surface area contributed by atoms with E-state index in [2.05, 4.69) is 178 Å². The zero-order chi connectivity index (χ0) is 54.5. The van der Waals surface area contributed by atoms with Gasteiger partial charge in [-0.2, -0.15) is 9.97 Å². The molecule has 2 saturated heterocycles. The van der Waals surface area contributed by atoms with Gasteiger partial charge in [0.05, 0.1) is 46.8 Å². The number of carbonyl (C=O) groups excluding carboxylic acids is 1. The first-order valence-corrected chi connectivity index (χ1v) is 28.5. The van der Waals surface area contributed by atoms with Crippen molar-refractivity contribution in [2.24, 2.45) is 0 Å². The number of nitrogens with zero attached hydrogens (tertiary/aromatic N) is 9. The van der Waals surface area contributed by atoms with Crippen molar-refractivity contribution in [3.05, 3.63) is 153 Å². The average molecular weight is 1260 g/mol. The molecule has 0 radical (unpaired) electrons. The summed E-state index contributed by atoms with van der Waals surface area (Å²) in [5.41, 5.74) is 9.21. The van der Waals surface area contributed by atoms with Gasteiger partial charge in [0, 0.05) is 55.8 Å². The van der Waals surface area contributed by atoms with Gasteiger partial charge in [-0.3, -0.25) is 0 Å². The smallest absolute Gasteiger partial charge is 0.410 e. The van der Waals surface area contributed by atoms with Gasteiger partial charge >= 0.3 is 18.1 Å². The van der Waals surface area contributed by atoms with Gasteiger partial charge in [0.25, 0.3) is 0 Å². The first kappa shape index (κ1) is 55.5. The van der Waals surface area contributed by atoms with Crippen molar-refractivity contribution in [3.63, 3.8) is 0 Å². The van der Waals surface area contributed by atoms with Crippen molar-refractivity contribution in [2.45, 2.75) is 117 Å². The molecule has 0 unspecified atom stereocenters. The molecule has 14 nitrogen and oxygen atoms in total. The lowest BCUT2D eigenvalue weighted by molar-refractivity contribution is 0.0189. The molecule has 0 bridgehead atoms. The van der Waals surface area contributed by atoms with E-state index in [1.807, 2.05) is 75.9 Å². The molecular weight excluding hydrogens is 1190 g/mol. The molecule has 0 saturated carbocycles. The first-order chi connectivity index (χ1) is 36.8. The molecular formula is C61H68I2N10O4. The van der Waals surface area contributed by atoms with Crippen LogP contribution in [-0.2, 0) is 15.6 Å². The number of likely N-dealkylation sites (tertiary alicyclic amines) is 1. The van der Waals surface area contributed by atoms with E-state index >= 15 is 0 Å². The Morgan fingerprint density at radius 2 is 0.987 bits per heavy atom. The molecule has 10 rings (SSSR count). The second-order valence-electron chi connectivity index (χ2n) is 22.6. The number of carbonyl (C=O) groups is 1. The molecule has 8 aromatic rings. The van der Waals surface area contributed by atoms with Crippen LogP contribution in [0.2, 0.25) is 0 Å². The molecule has 6 heterocycles. The number of piperidine rings is 2. The number of amides is 1. The van der Waals surface area contributed by atoms with E-state index in [1.54, 1.807) is 17.3 Å². The maximum absolute atomic E-state index is 12.7. The fourth-order valence-electron chi connectivity index (χ4n) is 9.47. The summed E-state index contributed by atoms with van der Waals surface area (Å²) in [6.45, 7) is 22.0. The highest BCUT2D eigenvalue weighted by atomic mass is 127. The lowest BCUT2D eigenvalue weighted by atomic mass is 9.87. The van der Waals surface area contributed by atoms with E-state index in [0.29, 0.717) is 30.9 Å². The van der Waals surface area contributed by atoms with Crippen LogP contribution < -0.4 is 14.8 Å². The molecule has 77 heavy (non-hydrogen) atoms. The van der Waals surface area contributed by atoms with Crippen LogP contribution in [0.1, 0.15) is 111 Å². The second kappa shape index (κ2) is 23.8. The van der Waals surface area contributed by atoms with Crippen molar-refractivity contribution in [3.8, 4) is 68.8 Å². The van der Waals surface area contributed by atoms with Gasteiger partial charge in [-0.25, -0.2) is 24.7 Å². The van der Waals surface area contributed by atoms with Crippen LogP contribution in [0.5, 0.6) is 23.5 Å². The Bertz CT molecular complexity index is 3290. The Morgan fingerprint density at radius 3 is 1.40 bits per heavy atom. The zero-order valence-corrected chi connectivity index (χ0v) is 49.7. The number of imidazole rings is 2. The lowest BCUT2D eigenvalue weighted by Gasteiger charge is -2.34. The number of ether oxygens (including phenoxy) is 3. The minimum Gasteiger partial charge on any atom is -0.444 e. The zero-order valence-electron chi connectivity index (χ0n) is 45.4. The van der Waals surface area contributed by atoms with Crippen LogP contribution in [0, 0.1) is 7.14 Å². The molecule has 1 N–H and O–H groups in total. The number of rotatable bonds is 10. The highest BCUT2D eigenvalue weighted by Crippen LogP contribution is 2.39. The van der Waals surface area contributed by atoms with E-state index < -0.39 is 5.60 Å². The van der Waals surface area contributed by atoms with E-state index in [-0.39, 0.29) is 29.0 Å². The molecule has 1 amide bonds. The third-order valence-electron chi connectivity index (χ3n) is 13.6. The predicted octanol–water partition coefficient (Wildman–Crippen LogP) is 14.9. The molecule has 16 heteroatoms. The van der Waals surface area contributed by atoms with E-state index in [9.17, 15) is 4.79 Å². The Morgan fingerprint density at radius 1 is 0.558 bits per heavy atom. The van der Waals surface area contributed by atoms with Crippen molar-refractivity contribution in [1.29, 1.82) is 0 Å². The molecule has 4 aromatic carbocycles. The number of nitrogens with one attached hydrogen (secondary N) is 1. The molecule has 2 fully saturated rings. The maximum Gasteiger partial charge on any atom is 0.410 e. The summed E-state index contributed by atoms with van der Waals surface area (Å²) in [4.78, 5) is 42.8. The molecule has 2 aliphatic heterocycles. The molecule has 0 aliphatic carbocycles. The van der Waals surface area contributed by atoms with Gasteiger partial charge < -0.3 is 33.6 Å². The van der Waals surface area contributed by atoms with Crippen molar-refractivity contribution in [2.75, 3.05) is 26.2 Å². The summed E-state index contributed by atoms with van der Waals surface area (Å²) >= 11 is 4.64. The number of aromatic nitrogens is 8. The Kier molecular flexibility index (Phi) is 17.1. The summed E-state index contributed by atoms with van der Waals surface area (Å²) < 4.78 is 24.8. The number of benzene rings is 4. The molecule has 400 valence electrons. The average Bonchev–Trinajstić information content (AvgIpc) is 4.07. The predicted molar refractivity (Wildman–Crippen MR) is 320 cm³/mol. The minimum absolute atomic E-state index is 0.00393. The topological polar surface area (TPSA) is 147 Å². The minimum atomic E-state index is -0.519. The maximum atomic E-state index is 12.7. The van der Waals surface area contributed by atoms with Crippen molar-refractivity contribution >= 4 is 51.3 Å². The van der Waals surface area contributed by atoms with Crippen LogP contribution in [0.3, 0.4) is 0 Å². The SMILES string of the molecule is CC(C)(C)OC(=O)N1CCC(n2cnc(-c3ccc(I)cc3)c2-c2ccnc(Oc3cccc(C(C)(C)C)c3)n2)CC1.CC(C)(C)c1cccc(Oc2nccc(-c3c(-c4ccc(I)cc4)ncn3C3CCNCC3)n2)c1. The molecule has 0 spiro atoms. The summed E-state index contributed by atoms with van der Waals surface area (Å²) in [6, 6.07) is 38.0. The fourth-order valence-corrected chi connectivity index (χ4v) is 10.2. The highest BCUT2D eigenvalue weighted by molar-refractivity contribution is 14.1. The summed E-state index contributed by atoms with van der Waals surface area (Å²) in [7, 11) is 0. The van der Waals surface area contributed by atoms with Gasteiger partial charge in [-0.1, -0.05) is 90.1 Å². The Balaban J connectivity index is 0.000000191. The molecule has 4 aromatic heterocycles. The summed E-state index contributed by atoms with van der Waals surface area (Å²) in [6.07, 6.45) is 10.8. The number of hydrogen-bond acceptors (Lipinski definition) is 11. The Labute approximate surface area is 480 Å².